The van der Waals surface area contributed by atoms with Crippen LogP contribution in [0, 0.1) is 6.92 Å². The van der Waals surface area contributed by atoms with Crippen LogP contribution < -0.4 is 10.6 Å². The maximum atomic E-state index is 12.0. The number of aromatic nitrogens is 1. The summed E-state index contributed by atoms with van der Waals surface area (Å²) in [6, 6.07) is -0.341. The third kappa shape index (κ3) is 4.80. The van der Waals surface area contributed by atoms with Gasteiger partial charge in [-0.05, 0) is 33.6 Å². The minimum Gasteiger partial charge on any atom is -0.396 e. The molecule has 5 nitrogen and oxygen atoms in total. The molecule has 0 aromatic carbocycles. The molecule has 2 unspecified atom stereocenters. The Labute approximate surface area is 118 Å². The normalized spacial score (nSPS) is 15.6. The molecule has 108 valence electrons. The van der Waals surface area contributed by atoms with Gasteiger partial charge in [-0.25, -0.2) is 9.78 Å². The summed E-state index contributed by atoms with van der Waals surface area (Å²) < 4.78 is 0. The first-order chi connectivity index (χ1) is 8.90. The van der Waals surface area contributed by atoms with Crippen molar-refractivity contribution in [3.8, 4) is 0 Å². The lowest BCUT2D eigenvalue weighted by Gasteiger charge is -2.29. The molecular formula is C13H23N3O2S. The van der Waals surface area contributed by atoms with Gasteiger partial charge in [0.05, 0.1) is 6.04 Å². The van der Waals surface area contributed by atoms with E-state index in [2.05, 4.69) is 15.6 Å². The van der Waals surface area contributed by atoms with E-state index in [1.54, 1.807) is 17.5 Å². The van der Waals surface area contributed by atoms with Crippen molar-refractivity contribution in [2.75, 3.05) is 6.61 Å². The Hall–Kier alpha value is -1.14. The number of aryl methyl sites for hydroxylation is 1. The quantitative estimate of drug-likeness (QED) is 0.751. The first kappa shape index (κ1) is 15.9. The number of carbonyl (C=O) groups excluding carboxylic acids is 1. The zero-order valence-electron chi connectivity index (χ0n) is 12.0. The van der Waals surface area contributed by atoms with E-state index in [-0.39, 0.29) is 24.2 Å². The molecule has 0 aliphatic carbocycles. The monoisotopic (exact) mass is 285 g/mol. The standard InChI is InChI=1S/C13H23N3O2S/c1-5-13(4,6-7-17)16-12(18)15-10(3)11-14-8-9(2)19-11/h8,10,17H,5-7H2,1-4H3,(H2,15,16,18). The van der Waals surface area contributed by atoms with Crippen molar-refractivity contribution >= 4 is 17.4 Å². The second-order valence-electron chi connectivity index (χ2n) is 5.02. The molecule has 1 heterocycles. The number of hydrogen-bond acceptors (Lipinski definition) is 4. The number of aliphatic hydroxyl groups is 1. The lowest BCUT2D eigenvalue weighted by molar-refractivity contribution is 0.199. The molecule has 0 fully saturated rings. The Morgan fingerprint density at radius 3 is 2.79 bits per heavy atom. The van der Waals surface area contributed by atoms with E-state index < -0.39 is 0 Å². The lowest BCUT2D eigenvalue weighted by Crippen LogP contribution is -2.50. The summed E-state index contributed by atoms with van der Waals surface area (Å²) in [5.74, 6) is 0. The van der Waals surface area contributed by atoms with Gasteiger partial charge in [0.1, 0.15) is 5.01 Å². The first-order valence-electron chi connectivity index (χ1n) is 6.52. The van der Waals surface area contributed by atoms with Crippen molar-refractivity contribution in [2.24, 2.45) is 0 Å². The minimum absolute atomic E-state index is 0.0614. The molecule has 0 aliphatic rings. The molecular weight excluding hydrogens is 262 g/mol. The molecule has 0 saturated carbocycles. The van der Waals surface area contributed by atoms with Crippen LogP contribution in [0.4, 0.5) is 4.79 Å². The van der Waals surface area contributed by atoms with E-state index in [1.165, 1.54) is 0 Å². The van der Waals surface area contributed by atoms with Crippen LogP contribution >= 0.6 is 11.3 Å². The van der Waals surface area contributed by atoms with E-state index in [4.69, 9.17) is 5.11 Å². The fourth-order valence-electron chi connectivity index (χ4n) is 1.72. The highest BCUT2D eigenvalue weighted by molar-refractivity contribution is 7.11. The van der Waals surface area contributed by atoms with E-state index in [9.17, 15) is 4.79 Å². The van der Waals surface area contributed by atoms with Crippen LogP contribution in [0.1, 0.15) is 49.5 Å². The van der Waals surface area contributed by atoms with Crippen LogP contribution in [0.15, 0.2) is 6.20 Å². The zero-order valence-corrected chi connectivity index (χ0v) is 12.8. The SMILES string of the molecule is CCC(C)(CCO)NC(=O)NC(C)c1ncc(C)s1. The molecule has 1 rings (SSSR count). The molecule has 1 aromatic rings. The summed E-state index contributed by atoms with van der Waals surface area (Å²) in [7, 11) is 0. The van der Waals surface area contributed by atoms with E-state index in [0.29, 0.717) is 6.42 Å². The molecule has 0 radical (unpaired) electrons. The van der Waals surface area contributed by atoms with Crippen molar-refractivity contribution in [1.29, 1.82) is 0 Å². The van der Waals surface area contributed by atoms with Gasteiger partial charge in [-0.1, -0.05) is 6.92 Å². The van der Waals surface area contributed by atoms with Crippen LogP contribution in [0.3, 0.4) is 0 Å². The molecule has 0 spiro atoms. The predicted octanol–water partition coefficient (Wildman–Crippen LogP) is 2.36. The average Bonchev–Trinajstić information content (AvgIpc) is 2.76. The second-order valence-corrected chi connectivity index (χ2v) is 6.28. The second kappa shape index (κ2) is 6.86. The first-order valence-corrected chi connectivity index (χ1v) is 7.33. The van der Waals surface area contributed by atoms with Crippen LogP contribution in [-0.2, 0) is 0 Å². The van der Waals surface area contributed by atoms with Crippen molar-refractivity contribution in [3.05, 3.63) is 16.1 Å². The summed E-state index contributed by atoms with van der Waals surface area (Å²) in [4.78, 5) is 17.3. The highest BCUT2D eigenvalue weighted by Crippen LogP contribution is 2.19. The number of hydrogen-bond donors (Lipinski definition) is 3. The highest BCUT2D eigenvalue weighted by Gasteiger charge is 2.24. The summed E-state index contributed by atoms with van der Waals surface area (Å²) in [5, 5.41) is 15.7. The van der Waals surface area contributed by atoms with Gasteiger partial charge in [0.2, 0.25) is 0 Å². The number of carbonyl (C=O) groups is 1. The number of nitrogens with one attached hydrogen (secondary N) is 2. The topological polar surface area (TPSA) is 74.2 Å². The van der Waals surface area contributed by atoms with Crippen molar-refractivity contribution < 1.29 is 9.90 Å². The zero-order chi connectivity index (χ0) is 14.5. The highest BCUT2D eigenvalue weighted by atomic mass is 32.1. The summed E-state index contributed by atoms with van der Waals surface area (Å²) in [5.41, 5.74) is -0.378. The molecule has 0 bridgehead atoms. The minimum atomic E-state index is -0.378. The molecule has 3 N–H and O–H groups in total. The van der Waals surface area contributed by atoms with Gasteiger partial charge in [-0.2, -0.15) is 0 Å². The van der Waals surface area contributed by atoms with Gasteiger partial charge in [0.15, 0.2) is 0 Å². The van der Waals surface area contributed by atoms with Gasteiger partial charge in [-0.15, -0.1) is 11.3 Å². The smallest absolute Gasteiger partial charge is 0.315 e. The molecule has 2 amide bonds. The molecule has 2 atom stereocenters. The predicted molar refractivity (Wildman–Crippen MR) is 77.3 cm³/mol. The van der Waals surface area contributed by atoms with Crippen molar-refractivity contribution in [3.63, 3.8) is 0 Å². The third-order valence-electron chi connectivity index (χ3n) is 3.22. The largest absolute Gasteiger partial charge is 0.396 e. The summed E-state index contributed by atoms with van der Waals surface area (Å²) in [6.07, 6.45) is 3.12. The Kier molecular flexibility index (Phi) is 5.75. The Morgan fingerprint density at radius 1 is 1.63 bits per heavy atom. The molecule has 19 heavy (non-hydrogen) atoms. The van der Waals surface area contributed by atoms with Crippen molar-refractivity contribution in [1.82, 2.24) is 15.6 Å². The molecule has 6 heteroatoms. The fraction of sp³-hybridized carbons (Fsp3) is 0.692. The van der Waals surface area contributed by atoms with Gasteiger partial charge in [0, 0.05) is 23.2 Å². The number of urea groups is 1. The Balaban J connectivity index is 2.55. The lowest BCUT2D eigenvalue weighted by atomic mass is 9.95. The van der Waals surface area contributed by atoms with Crippen LogP contribution in [0.25, 0.3) is 0 Å². The molecule has 1 aromatic heterocycles. The Morgan fingerprint density at radius 2 is 2.32 bits per heavy atom. The summed E-state index contributed by atoms with van der Waals surface area (Å²) >= 11 is 1.58. The summed E-state index contributed by atoms with van der Waals surface area (Å²) in [6.45, 7) is 7.88. The van der Waals surface area contributed by atoms with E-state index >= 15 is 0 Å². The third-order valence-corrected chi connectivity index (χ3v) is 4.31. The van der Waals surface area contributed by atoms with Gasteiger partial charge in [0.25, 0.3) is 0 Å². The van der Waals surface area contributed by atoms with Crippen LogP contribution in [0.5, 0.6) is 0 Å². The van der Waals surface area contributed by atoms with Gasteiger partial charge in [-0.3, -0.25) is 0 Å². The number of aliphatic hydroxyl groups excluding tert-OH is 1. The van der Waals surface area contributed by atoms with E-state index in [0.717, 1.165) is 16.3 Å². The molecule has 0 aliphatic heterocycles. The maximum Gasteiger partial charge on any atom is 0.315 e. The van der Waals surface area contributed by atoms with Gasteiger partial charge < -0.3 is 15.7 Å². The van der Waals surface area contributed by atoms with Gasteiger partial charge >= 0.3 is 6.03 Å². The number of rotatable bonds is 6. The van der Waals surface area contributed by atoms with E-state index in [1.807, 2.05) is 27.7 Å². The average molecular weight is 285 g/mol. The van der Waals surface area contributed by atoms with Crippen LogP contribution in [0.2, 0.25) is 0 Å². The molecule has 0 saturated heterocycles. The number of nitrogens with zero attached hydrogens (tertiary/aromatic N) is 1. The Bertz CT molecular complexity index is 422. The number of thiazole rings is 1. The van der Waals surface area contributed by atoms with Crippen LogP contribution in [-0.4, -0.2) is 28.3 Å². The maximum absolute atomic E-state index is 12.0. The van der Waals surface area contributed by atoms with Crippen molar-refractivity contribution in [2.45, 2.75) is 52.1 Å². The number of amides is 2. The fourth-order valence-corrected chi connectivity index (χ4v) is 2.49.